The fourth-order valence-electron chi connectivity index (χ4n) is 4.91. The summed E-state index contributed by atoms with van der Waals surface area (Å²) in [7, 11) is 0. The van der Waals surface area contributed by atoms with Crippen molar-refractivity contribution >= 4 is 0 Å². The fraction of sp³-hybridized carbons (Fsp3) is 0.909. The molecular weight excluding hydrogens is 480 g/mol. The average molecular weight is 523 g/mol. The number of hydrogen-bond donors (Lipinski definition) is 10. The molecule has 0 aromatic carbocycles. The second-order valence-corrected chi connectivity index (χ2v) is 9.90. The molecule has 3 fully saturated rings. The lowest BCUT2D eigenvalue weighted by Crippen LogP contribution is -2.68. The molecule has 2 aliphatic heterocycles. The second-order valence-electron chi connectivity index (χ2n) is 9.90. The van der Waals surface area contributed by atoms with Crippen LogP contribution in [0, 0.1) is 0 Å². The van der Waals surface area contributed by atoms with Crippen LogP contribution in [0.3, 0.4) is 0 Å². The lowest BCUT2D eigenvalue weighted by Gasteiger charge is -2.48. The minimum absolute atomic E-state index is 0.0119. The summed E-state index contributed by atoms with van der Waals surface area (Å²) in [6.45, 7) is 7.48. The van der Waals surface area contributed by atoms with Crippen molar-refractivity contribution in [3.63, 3.8) is 0 Å². The molecule has 0 bridgehead atoms. The van der Waals surface area contributed by atoms with E-state index in [0.717, 1.165) is 6.42 Å². The van der Waals surface area contributed by atoms with Gasteiger partial charge in [-0.15, -0.1) is 0 Å². The summed E-state index contributed by atoms with van der Waals surface area (Å²) in [5, 5.41) is 65.7. The number of aliphatic hydroxyl groups is 6. The Morgan fingerprint density at radius 3 is 2.17 bits per heavy atom. The molecule has 1 aliphatic carbocycles. The van der Waals surface area contributed by atoms with Gasteiger partial charge in [0.25, 0.3) is 0 Å². The van der Waals surface area contributed by atoms with Gasteiger partial charge in [-0.1, -0.05) is 13.5 Å². The summed E-state index contributed by atoms with van der Waals surface area (Å²) in [6, 6.07) is -2.44. The summed E-state index contributed by atoms with van der Waals surface area (Å²) in [4.78, 5) is 0. The fourth-order valence-corrected chi connectivity index (χ4v) is 4.91. The van der Waals surface area contributed by atoms with Gasteiger partial charge in [-0.05, 0) is 26.3 Å². The van der Waals surface area contributed by atoms with Crippen molar-refractivity contribution in [2.75, 3.05) is 6.54 Å². The molecule has 8 unspecified atom stereocenters. The third-order valence-corrected chi connectivity index (χ3v) is 7.01. The maximum atomic E-state index is 11.2. The SMILES string of the molecule is C=C(N)[C@H]1O[C@@H](OC2C(O)[C@H](NCCC)CC(N)[C@H]2O[C@H]2OC([C@@H](C)O)[C@@H](O)C(O)C2N)C(O)C1O. The molecule has 0 aromatic heterocycles. The van der Waals surface area contributed by atoms with Crippen molar-refractivity contribution in [1.29, 1.82) is 0 Å². The minimum atomic E-state index is -1.51. The minimum Gasteiger partial charge on any atom is -0.400 e. The number of nitrogens with one attached hydrogen (secondary N) is 1. The molecule has 3 rings (SSSR count). The van der Waals surface area contributed by atoms with Gasteiger partial charge in [0.05, 0.1) is 18.2 Å². The lowest BCUT2D eigenvalue weighted by molar-refractivity contribution is -0.315. The van der Waals surface area contributed by atoms with E-state index in [1.807, 2.05) is 6.92 Å². The van der Waals surface area contributed by atoms with Gasteiger partial charge in [-0.2, -0.15) is 0 Å². The van der Waals surface area contributed by atoms with Crippen molar-refractivity contribution in [3.8, 4) is 0 Å². The van der Waals surface area contributed by atoms with E-state index in [2.05, 4.69) is 11.9 Å². The monoisotopic (exact) mass is 522 g/mol. The van der Waals surface area contributed by atoms with E-state index in [9.17, 15) is 30.6 Å². The first-order valence-electron chi connectivity index (χ1n) is 12.3. The van der Waals surface area contributed by atoms with Crippen LogP contribution in [0.5, 0.6) is 0 Å². The molecule has 3 aliphatic rings. The molecular formula is C22H42N4O10. The van der Waals surface area contributed by atoms with Crippen molar-refractivity contribution < 1.29 is 49.6 Å². The maximum absolute atomic E-state index is 11.2. The first kappa shape index (κ1) is 29.6. The van der Waals surface area contributed by atoms with Gasteiger partial charge in [0.1, 0.15) is 48.8 Å². The predicted molar refractivity (Wildman–Crippen MR) is 125 cm³/mol. The van der Waals surface area contributed by atoms with Gasteiger partial charge >= 0.3 is 0 Å². The molecule has 0 radical (unpaired) electrons. The highest BCUT2D eigenvalue weighted by molar-refractivity contribution is 5.07. The highest BCUT2D eigenvalue weighted by Gasteiger charge is 2.53. The molecule has 0 spiro atoms. The van der Waals surface area contributed by atoms with Gasteiger partial charge < -0.3 is 72.1 Å². The Bertz CT molecular complexity index is 735. The summed E-state index contributed by atoms with van der Waals surface area (Å²) in [5.41, 5.74) is 18.1. The Morgan fingerprint density at radius 2 is 1.61 bits per heavy atom. The van der Waals surface area contributed by atoms with Gasteiger partial charge in [0, 0.05) is 17.8 Å². The second kappa shape index (κ2) is 12.3. The van der Waals surface area contributed by atoms with E-state index in [1.165, 1.54) is 6.92 Å². The Kier molecular flexibility index (Phi) is 10.1. The van der Waals surface area contributed by atoms with Crippen LogP contribution in [0.15, 0.2) is 12.3 Å². The van der Waals surface area contributed by atoms with Crippen LogP contribution in [-0.4, -0.2) is 129 Å². The average Bonchev–Trinajstić information content (AvgIpc) is 3.10. The molecule has 14 heteroatoms. The van der Waals surface area contributed by atoms with Crippen LogP contribution in [0.4, 0.5) is 0 Å². The zero-order valence-corrected chi connectivity index (χ0v) is 20.5. The van der Waals surface area contributed by atoms with Gasteiger partial charge in [0.15, 0.2) is 12.6 Å². The topological polar surface area (TPSA) is 248 Å². The number of aliphatic hydroxyl groups excluding tert-OH is 6. The number of ether oxygens (including phenoxy) is 4. The van der Waals surface area contributed by atoms with E-state index in [-0.39, 0.29) is 12.1 Å². The van der Waals surface area contributed by atoms with E-state index < -0.39 is 91.7 Å². The third-order valence-electron chi connectivity index (χ3n) is 7.01. The van der Waals surface area contributed by atoms with Crippen LogP contribution in [0.2, 0.25) is 0 Å². The number of rotatable bonds is 9. The summed E-state index contributed by atoms with van der Waals surface area (Å²) < 4.78 is 23.2. The zero-order chi connectivity index (χ0) is 26.9. The number of nitrogens with two attached hydrogens (primary N) is 3. The molecule has 15 atom stereocenters. The van der Waals surface area contributed by atoms with Crippen molar-refractivity contribution in [2.45, 2.75) is 118 Å². The van der Waals surface area contributed by atoms with Crippen LogP contribution >= 0.6 is 0 Å². The highest BCUT2D eigenvalue weighted by atomic mass is 16.7. The largest absolute Gasteiger partial charge is 0.400 e. The molecule has 14 nitrogen and oxygen atoms in total. The van der Waals surface area contributed by atoms with Crippen LogP contribution in [0.25, 0.3) is 0 Å². The Labute approximate surface area is 209 Å². The van der Waals surface area contributed by atoms with E-state index in [1.54, 1.807) is 0 Å². The molecule has 36 heavy (non-hydrogen) atoms. The Hall–Kier alpha value is -0.980. The number of hydrogen-bond acceptors (Lipinski definition) is 14. The lowest BCUT2D eigenvalue weighted by atomic mass is 9.83. The first-order chi connectivity index (χ1) is 16.9. The van der Waals surface area contributed by atoms with E-state index >= 15 is 0 Å². The molecule has 1 saturated carbocycles. The van der Waals surface area contributed by atoms with Gasteiger partial charge in [-0.25, -0.2) is 0 Å². The molecule has 0 aromatic rings. The normalized spacial score (nSPS) is 48.6. The third kappa shape index (κ3) is 6.02. The van der Waals surface area contributed by atoms with Crippen molar-refractivity contribution in [3.05, 3.63) is 12.3 Å². The molecule has 13 N–H and O–H groups in total. The smallest absolute Gasteiger partial charge is 0.187 e. The molecule has 0 amide bonds. The summed E-state index contributed by atoms with van der Waals surface area (Å²) >= 11 is 0. The predicted octanol–water partition coefficient (Wildman–Crippen LogP) is -4.71. The zero-order valence-electron chi connectivity index (χ0n) is 20.5. The maximum Gasteiger partial charge on any atom is 0.187 e. The highest BCUT2D eigenvalue weighted by Crippen LogP contribution is 2.33. The first-order valence-corrected chi connectivity index (χ1v) is 12.3. The summed E-state index contributed by atoms with van der Waals surface area (Å²) in [5.74, 6) is 0. The summed E-state index contributed by atoms with van der Waals surface area (Å²) in [6.07, 6.45) is -14.4. The van der Waals surface area contributed by atoms with Crippen molar-refractivity contribution in [1.82, 2.24) is 5.32 Å². The molecule has 210 valence electrons. The van der Waals surface area contributed by atoms with Crippen LogP contribution in [0.1, 0.15) is 26.7 Å². The van der Waals surface area contributed by atoms with Gasteiger partial charge in [0.2, 0.25) is 0 Å². The molecule has 2 saturated heterocycles. The van der Waals surface area contributed by atoms with Crippen LogP contribution < -0.4 is 22.5 Å². The quantitative estimate of drug-likeness (QED) is 0.137. The Morgan fingerprint density at radius 1 is 0.972 bits per heavy atom. The van der Waals surface area contributed by atoms with E-state index in [4.69, 9.17) is 36.1 Å². The van der Waals surface area contributed by atoms with Crippen LogP contribution in [-0.2, 0) is 18.9 Å². The molecule has 2 heterocycles. The Balaban J connectivity index is 1.84. The van der Waals surface area contributed by atoms with Gasteiger partial charge in [-0.3, -0.25) is 0 Å². The van der Waals surface area contributed by atoms with Crippen molar-refractivity contribution in [2.24, 2.45) is 17.2 Å². The van der Waals surface area contributed by atoms with E-state index in [0.29, 0.717) is 6.54 Å². The standard InChI is InChI=1S/C22H42N4O10/c1-4-5-26-10-6-9(24)19(35-21-11(25)13(29)14(30)18(34-21)8(3)27)20(12(10)28)36-22-16(32)15(31)17(33-22)7(2)23/h8-22,26-32H,2,4-6,23-25H2,1,3H3/t8-,9?,10-,11?,12?,13?,14+,15?,16?,17-,18?,19-,20?,21-,22+/m1/s1.